The van der Waals surface area contributed by atoms with Gasteiger partial charge >= 0.3 is 12.7 Å². The first-order valence-electron chi connectivity index (χ1n) is 7.77. The van der Waals surface area contributed by atoms with Gasteiger partial charge in [0.05, 0.1) is 6.61 Å². The minimum atomic E-state index is -2.90. The van der Waals surface area contributed by atoms with Crippen LogP contribution in [0.2, 0.25) is 0 Å². The number of carbonyl (C=O) groups is 2. The Labute approximate surface area is 138 Å². The smallest absolute Gasteiger partial charge is 0.407 e. The van der Waals surface area contributed by atoms with Crippen molar-refractivity contribution in [1.82, 2.24) is 10.2 Å². The van der Waals surface area contributed by atoms with E-state index in [-0.39, 0.29) is 24.3 Å². The Hall–Kier alpha value is -2.38. The molecule has 1 fully saturated rings. The average molecular weight is 342 g/mol. The number of carbonyl (C=O) groups excluding carboxylic acids is 2. The van der Waals surface area contributed by atoms with E-state index < -0.39 is 12.7 Å². The van der Waals surface area contributed by atoms with Gasteiger partial charge in [0, 0.05) is 24.7 Å². The second-order valence-electron chi connectivity index (χ2n) is 5.36. The number of hydrogen-bond donors (Lipinski definition) is 1. The van der Waals surface area contributed by atoms with Crippen LogP contribution in [0.15, 0.2) is 24.3 Å². The van der Waals surface area contributed by atoms with Crippen LogP contribution < -0.4 is 10.1 Å². The minimum Gasteiger partial charge on any atom is -0.450 e. The number of likely N-dealkylation sites (tertiary alicyclic amines) is 1. The predicted octanol–water partition coefficient (Wildman–Crippen LogP) is 2.64. The number of hydrogen-bond acceptors (Lipinski definition) is 4. The fourth-order valence-electron chi connectivity index (χ4n) is 2.58. The van der Waals surface area contributed by atoms with Crippen LogP contribution in [0.1, 0.15) is 30.1 Å². The third-order valence-electron chi connectivity index (χ3n) is 3.63. The van der Waals surface area contributed by atoms with Gasteiger partial charge in [0.1, 0.15) is 5.75 Å². The molecule has 0 aromatic heterocycles. The average Bonchev–Trinajstić information content (AvgIpc) is 2.55. The fourth-order valence-corrected chi connectivity index (χ4v) is 2.58. The van der Waals surface area contributed by atoms with Crippen molar-refractivity contribution >= 4 is 12.0 Å². The van der Waals surface area contributed by atoms with E-state index >= 15 is 0 Å². The lowest BCUT2D eigenvalue weighted by Crippen LogP contribution is -2.49. The Kier molecular flexibility index (Phi) is 6.34. The van der Waals surface area contributed by atoms with Crippen LogP contribution in [-0.2, 0) is 4.74 Å². The van der Waals surface area contributed by atoms with Crippen molar-refractivity contribution in [2.24, 2.45) is 0 Å². The summed E-state index contributed by atoms with van der Waals surface area (Å²) in [6.45, 7) is 0.0666. The number of nitrogens with zero attached hydrogens (tertiary/aromatic N) is 1. The normalized spacial score (nSPS) is 17.5. The van der Waals surface area contributed by atoms with Crippen molar-refractivity contribution in [3.63, 3.8) is 0 Å². The highest BCUT2D eigenvalue weighted by Crippen LogP contribution is 2.18. The predicted molar refractivity (Wildman–Crippen MR) is 82.2 cm³/mol. The summed E-state index contributed by atoms with van der Waals surface area (Å²) in [7, 11) is 0. The van der Waals surface area contributed by atoms with Crippen molar-refractivity contribution in [3.8, 4) is 5.75 Å². The first-order valence-corrected chi connectivity index (χ1v) is 7.77. The van der Waals surface area contributed by atoms with E-state index in [1.807, 2.05) is 0 Å². The summed E-state index contributed by atoms with van der Waals surface area (Å²) in [5.41, 5.74) is 0.383. The van der Waals surface area contributed by atoms with Gasteiger partial charge in [-0.15, -0.1) is 0 Å². The lowest BCUT2D eigenvalue weighted by atomic mass is 10.0. The van der Waals surface area contributed by atoms with Crippen molar-refractivity contribution in [1.29, 1.82) is 0 Å². The second kappa shape index (κ2) is 8.47. The highest BCUT2D eigenvalue weighted by Gasteiger charge is 2.25. The summed E-state index contributed by atoms with van der Waals surface area (Å²) in [4.78, 5) is 25.6. The standard InChI is InChI=1S/C16H20F2N2O4/c1-2-23-16(22)19-12-4-3-9-20(10-12)14(21)11-5-7-13(8-6-11)24-15(17)18/h5-8,12,15H,2-4,9-10H2,1H3,(H,19,22)/t12-/m0/s1. The van der Waals surface area contributed by atoms with Crippen LogP contribution in [0, 0.1) is 0 Å². The van der Waals surface area contributed by atoms with Crippen LogP contribution >= 0.6 is 0 Å². The van der Waals surface area contributed by atoms with Gasteiger partial charge in [0.15, 0.2) is 0 Å². The minimum absolute atomic E-state index is 0.00190. The second-order valence-corrected chi connectivity index (χ2v) is 5.36. The zero-order valence-corrected chi connectivity index (χ0v) is 13.3. The van der Waals surface area contributed by atoms with Crippen LogP contribution in [0.5, 0.6) is 5.75 Å². The zero-order chi connectivity index (χ0) is 17.5. The van der Waals surface area contributed by atoms with Crippen LogP contribution in [0.4, 0.5) is 13.6 Å². The Bertz CT molecular complexity index is 566. The molecule has 2 amide bonds. The number of nitrogens with one attached hydrogen (secondary N) is 1. The van der Waals surface area contributed by atoms with Crippen molar-refractivity contribution in [2.45, 2.75) is 32.4 Å². The van der Waals surface area contributed by atoms with Gasteiger partial charge in [0.25, 0.3) is 5.91 Å². The highest BCUT2D eigenvalue weighted by atomic mass is 19.3. The molecule has 6 nitrogen and oxygen atoms in total. The van der Waals surface area contributed by atoms with E-state index in [0.29, 0.717) is 18.7 Å². The van der Waals surface area contributed by atoms with Crippen molar-refractivity contribution in [3.05, 3.63) is 29.8 Å². The number of alkyl halides is 2. The van der Waals surface area contributed by atoms with Crippen LogP contribution in [0.25, 0.3) is 0 Å². The third-order valence-corrected chi connectivity index (χ3v) is 3.63. The number of alkyl carbamates (subject to hydrolysis) is 1. The molecule has 1 aromatic carbocycles. The maximum atomic E-state index is 12.5. The van der Waals surface area contributed by atoms with Gasteiger partial charge in [-0.05, 0) is 44.0 Å². The number of halogens is 2. The molecule has 0 unspecified atom stereocenters. The summed E-state index contributed by atoms with van der Waals surface area (Å²) >= 11 is 0. The molecule has 1 saturated heterocycles. The van der Waals surface area contributed by atoms with E-state index in [0.717, 1.165) is 12.8 Å². The summed E-state index contributed by atoms with van der Waals surface area (Å²) in [5.74, 6) is -0.212. The van der Waals surface area contributed by atoms with Gasteiger partial charge in [-0.1, -0.05) is 0 Å². The third kappa shape index (κ3) is 5.07. The lowest BCUT2D eigenvalue weighted by Gasteiger charge is -2.33. The van der Waals surface area contributed by atoms with E-state index in [1.54, 1.807) is 11.8 Å². The lowest BCUT2D eigenvalue weighted by molar-refractivity contribution is -0.0498. The number of benzene rings is 1. The molecule has 1 aromatic rings. The van der Waals surface area contributed by atoms with Crippen LogP contribution in [0.3, 0.4) is 0 Å². The van der Waals surface area contributed by atoms with E-state index in [4.69, 9.17) is 4.74 Å². The Morgan fingerprint density at radius 2 is 2.04 bits per heavy atom. The number of ether oxygens (including phenoxy) is 2. The van der Waals surface area contributed by atoms with Gasteiger partial charge in [-0.3, -0.25) is 4.79 Å². The molecular weight excluding hydrogens is 322 g/mol. The topological polar surface area (TPSA) is 67.9 Å². The molecule has 1 heterocycles. The molecule has 0 bridgehead atoms. The molecule has 1 aliphatic rings. The Morgan fingerprint density at radius 3 is 2.67 bits per heavy atom. The molecule has 24 heavy (non-hydrogen) atoms. The van der Waals surface area contributed by atoms with Crippen molar-refractivity contribution in [2.75, 3.05) is 19.7 Å². The largest absolute Gasteiger partial charge is 0.450 e. The first kappa shape index (κ1) is 18.0. The van der Waals surface area contributed by atoms with Gasteiger partial charge in [-0.25, -0.2) is 4.79 Å². The molecule has 0 aliphatic carbocycles. The number of piperidine rings is 1. The van der Waals surface area contributed by atoms with E-state index in [9.17, 15) is 18.4 Å². The summed E-state index contributed by atoms with van der Waals surface area (Å²) in [6, 6.07) is 5.39. The number of rotatable bonds is 5. The van der Waals surface area contributed by atoms with E-state index in [2.05, 4.69) is 10.1 Å². The SMILES string of the molecule is CCOC(=O)N[C@H]1CCCN(C(=O)c2ccc(OC(F)F)cc2)C1. The van der Waals surface area contributed by atoms with Gasteiger partial charge in [-0.2, -0.15) is 8.78 Å². The quantitative estimate of drug-likeness (QED) is 0.893. The zero-order valence-electron chi connectivity index (χ0n) is 13.3. The van der Waals surface area contributed by atoms with Gasteiger partial charge < -0.3 is 19.7 Å². The molecule has 0 spiro atoms. The summed E-state index contributed by atoms with van der Waals surface area (Å²) in [6.07, 6.45) is 1.03. The monoisotopic (exact) mass is 342 g/mol. The highest BCUT2D eigenvalue weighted by molar-refractivity contribution is 5.94. The molecule has 0 saturated carbocycles. The molecule has 8 heteroatoms. The maximum Gasteiger partial charge on any atom is 0.407 e. The molecule has 0 radical (unpaired) electrons. The molecule has 1 aliphatic heterocycles. The first-order chi connectivity index (χ1) is 11.5. The maximum absolute atomic E-state index is 12.5. The molecule has 1 atom stereocenters. The summed E-state index contributed by atoms with van der Waals surface area (Å²) < 4.78 is 33.4. The summed E-state index contributed by atoms with van der Waals surface area (Å²) in [5, 5.41) is 2.73. The molecule has 132 valence electrons. The number of amides is 2. The van der Waals surface area contributed by atoms with Crippen LogP contribution in [-0.4, -0.2) is 49.3 Å². The fraction of sp³-hybridized carbons (Fsp3) is 0.500. The molecule has 1 N–H and O–H groups in total. The molecular formula is C16H20F2N2O4. The molecule has 2 rings (SSSR count). The Morgan fingerprint density at radius 1 is 1.33 bits per heavy atom. The van der Waals surface area contributed by atoms with Crippen molar-refractivity contribution < 1.29 is 27.8 Å². The van der Waals surface area contributed by atoms with Gasteiger partial charge in [0.2, 0.25) is 0 Å². The van der Waals surface area contributed by atoms with E-state index in [1.165, 1.54) is 24.3 Å². The Balaban J connectivity index is 1.94.